The van der Waals surface area contributed by atoms with Crippen LogP contribution in [0.4, 0.5) is 0 Å². The highest BCUT2D eigenvalue weighted by Crippen LogP contribution is 2.15. The number of aliphatic hydroxyl groups excluding tert-OH is 1. The average molecular weight is 222 g/mol. The van der Waals surface area contributed by atoms with Crippen molar-refractivity contribution in [1.82, 2.24) is 9.88 Å². The number of hydrogen-bond acceptors (Lipinski definition) is 4. The van der Waals surface area contributed by atoms with E-state index in [2.05, 4.69) is 4.98 Å². The van der Waals surface area contributed by atoms with E-state index in [9.17, 15) is 9.90 Å². The zero-order valence-electron chi connectivity index (χ0n) is 9.09. The van der Waals surface area contributed by atoms with Crippen molar-refractivity contribution < 1.29 is 14.6 Å². The first-order valence-electron chi connectivity index (χ1n) is 5.14. The molecular formula is C11H14N2O3. The number of rotatable bonds is 3. The maximum atomic E-state index is 11.4. The second-order valence-corrected chi connectivity index (χ2v) is 3.84. The van der Waals surface area contributed by atoms with Gasteiger partial charge in [-0.25, -0.2) is 4.98 Å². The SMILES string of the molecule is COc1ccc(CN2CC(O)CC2=O)cn1. The fourth-order valence-electron chi connectivity index (χ4n) is 1.75. The van der Waals surface area contributed by atoms with Gasteiger partial charge in [-0.15, -0.1) is 0 Å². The third-order valence-electron chi connectivity index (χ3n) is 2.57. The van der Waals surface area contributed by atoms with Gasteiger partial charge in [0.1, 0.15) is 0 Å². The largest absolute Gasteiger partial charge is 0.481 e. The van der Waals surface area contributed by atoms with Crippen LogP contribution in [-0.2, 0) is 11.3 Å². The number of hydrogen-bond donors (Lipinski definition) is 1. The maximum absolute atomic E-state index is 11.4. The molecule has 1 atom stereocenters. The summed E-state index contributed by atoms with van der Waals surface area (Å²) in [6, 6.07) is 3.62. The van der Waals surface area contributed by atoms with Gasteiger partial charge < -0.3 is 14.7 Å². The Labute approximate surface area is 93.7 Å². The standard InChI is InChI=1S/C11H14N2O3/c1-16-10-3-2-8(5-12-10)6-13-7-9(14)4-11(13)15/h2-3,5,9,14H,4,6-7H2,1H3. The molecule has 1 saturated heterocycles. The Balaban J connectivity index is 2.01. The highest BCUT2D eigenvalue weighted by molar-refractivity contribution is 5.78. The summed E-state index contributed by atoms with van der Waals surface area (Å²) in [6.07, 6.45) is 1.37. The molecule has 0 radical (unpaired) electrons. The van der Waals surface area contributed by atoms with Gasteiger partial charge in [-0.3, -0.25) is 4.79 Å². The van der Waals surface area contributed by atoms with Gasteiger partial charge in [0.2, 0.25) is 11.8 Å². The third kappa shape index (κ3) is 2.30. The van der Waals surface area contributed by atoms with Crippen LogP contribution in [0.15, 0.2) is 18.3 Å². The first-order valence-corrected chi connectivity index (χ1v) is 5.14. The van der Waals surface area contributed by atoms with Gasteiger partial charge in [0.25, 0.3) is 0 Å². The number of carbonyl (C=O) groups is 1. The van der Waals surface area contributed by atoms with Crippen molar-refractivity contribution >= 4 is 5.91 Å². The van der Waals surface area contributed by atoms with Crippen molar-refractivity contribution in [2.45, 2.75) is 19.1 Å². The predicted molar refractivity (Wildman–Crippen MR) is 56.8 cm³/mol. The summed E-state index contributed by atoms with van der Waals surface area (Å²) in [6.45, 7) is 0.901. The second-order valence-electron chi connectivity index (χ2n) is 3.84. The van der Waals surface area contributed by atoms with E-state index in [0.29, 0.717) is 19.0 Å². The Morgan fingerprint density at radius 1 is 1.62 bits per heavy atom. The lowest BCUT2D eigenvalue weighted by atomic mass is 10.2. The molecule has 1 aliphatic rings. The van der Waals surface area contributed by atoms with E-state index in [1.165, 1.54) is 0 Å². The van der Waals surface area contributed by atoms with Crippen LogP contribution < -0.4 is 4.74 Å². The topological polar surface area (TPSA) is 62.7 Å². The van der Waals surface area contributed by atoms with Crippen molar-refractivity contribution in [2.75, 3.05) is 13.7 Å². The maximum Gasteiger partial charge on any atom is 0.225 e. The van der Waals surface area contributed by atoms with Gasteiger partial charge in [-0.05, 0) is 5.56 Å². The van der Waals surface area contributed by atoms with Crippen LogP contribution >= 0.6 is 0 Å². The molecule has 0 aromatic carbocycles. The summed E-state index contributed by atoms with van der Waals surface area (Å²) >= 11 is 0. The highest BCUT2D eigenvalue weighted by atomic mass is 16.5. The lowest BCUT2D eigenvalue weighted by molar-refractivity contribution is -0.128. The Morgan fingerprint density at radius 3 is 2.94 bits per heavy atom. The minimum absolute atomic E-state index is 0.0108. The average Bonchev–Trinajstić information content (AvgIpc) is 2.59. The quantitative estimate of drug-likeness (QED) is 0.792. The van der Waals surface area contributed by atoms with Crippen LogP contribution in [0.2, 0.25) is 0 Å². The van der Waals surface area contributed by atoms with E-state index in [-0.39, 0.29) is 12.3 Å². The molecule has 1 fully saturated rings. The minimum Gasteiger partial charge on any atom is -0.481 e. The van der Waals surface area contributed by atoms with E-state index >= 15 is 0 Å². The summed E-state index contributed by atoms with van der Waals surface area (Å²) in [4.78, 5) is 17.1. The van der Waals surface area contributed by atoms with Crippen molar-refractivity contribution in [3.05, 3.63) is 23.9 Å². The molecule has 2 rings (SSSR count). The number of amides is 1. The Hall–Kier alpha value is -1.62. The van der Waals surface area contributed by atoms with Gasteiger partial charge in [-0.1, -0.05) is 6.07 Å². The van der Waals surface area contributed by atoms with Crippen LogP contribution in [-0.4, -0.2) is 40.7 Å². The number of aromatic nitrogens is 1. The van der Waals surface area contributed by atoms with Gasteiger partial charge in [0.05, 0.1) is 19.6 Å². The molecule has 1 aliphatic heterocycles. The van der Waals surface area contributed by atoms with Gasteiger partial charge in [0.15, 0.2) is 0 Å². The van der Waals surface area contributed by atoms with Crippen LogP contribution in [0.3, 0.4) is 0 Å². The molecule has 86 valence electrons. The van der Waals surface area contributed by atoms with E-state index in [1.54, 1.807) is 24.3 Å². The third-order valence-corrected chi connectivity index (χ3v) is 2.57. The first kappa shape index (κ1) is 10.9. The van der Waals surface area contributed by atoms with Crippen molar-refractivity contribution in [3.8, 4) is 5.88 Å². The number of nitrogens with zero attached hydrogens (tertiary/aromatic N) is 2. The molecule has 2 heterocycles. The number of β-amino-alcohol motifs (C(OH)–C–C–N with tert-alkyl or cyclic N) is 1. The summed E-state index contributed by atoms with van der Waals surface area (Å²) in [7, 11) is 1.56. The molecule has 0 bridgehead atoms. The fraction of sp³-hybridized carbons (Fsp3) is 0.455. The Kier molecular flexibility index (Phi) is 3.05. The summed E-state index contributed by atoms with van der Waals surface area (Å²) in [5.41, 5.74) is 0.934. The summed E-state index contributed by atoms with van der Waals surface area (Å²) in [5, 5.41) is 9.33. The lowest BCUT2D eigenvalue weighted by Crippen LogP contribution is -2.25. The molecule has 5 heteroatoms. The number of likely N-dealkylation sites (tertiary alicyclic amines) is 1. The van der Waals surface area contributed by atoms with Crippen LogP contribution in [0.5, 0.6) is 5.88 Å². The first-order chi connectivity index (χ1) is 7.69. The molecule has 1 N–H and O–H groups in total. The molecule has 1 aromatic rings. The lowest BCUT2D eigenvalue weighted by Gasteiger charge is -2.15. The van der Waals surface area contributed by atoms with Gasteiger partial charge >= 0.3 is 0 Å². The molecule has 5 nitrogen and oxygen atoms in total. The normalized spacial score (nSPS) is 20.2. The number of aliphatic hydroxyl groups is 1. The highest BCUT2D eigenvalue weighted by Gasteiger charge is 2.27. The Morgan fingerprint density at radius 2 is 2.44 bits per heavy atom. The smallest absolute Gasteiger partial charge is 0.225 e. The van der Waals surface area contributed by atoms with E-state index < -0.39 is 6.10 Å². The number of pyridine rings is 1. The van der Waals surface area contributed by atoms with E-state index in [1.807, 2.05) is 6.07 Å². The molecule has 0 spiro atoms. The van der Waals surface area contributed by atoms with Crippen LogP contribution in [0.1, 0.15) is 12.0 Å². The minimum atomic E-state index is -0.529. The molecule has 16 heavy (non-hydrogen) atoms. The monoisotopic (exact) mass is 222 g/mol. The summed E-state index contributed by atoms with van der Waals surface area (Å²) in [5.74, 6) is 0.542. The van der Waals surface area contributed by atoms with E-state index in [4.69, 9.17) is 4.74 Å². The summed E-state index contributed by atoms with van der Waals surface area (Å²) < 4.78 is 4.95. The fourth-order valence-corrected chi connectivity index (χ4v) is 1.75. The molecule has 1 unspecified atom stereocenters. The van der Waals surface area contributed by atoms with Crippen LogP contribution in [0.25, 0.3) is 0 Å². The molecule has 1 amide bonds. The van der Waals surface area contributed by atoms with Crippen molar-refractivity contribution in [1.29, 1.82) is 0 Å². The Bertz CT molecular complexity index is 377. The molecule has 0 aliphatic carbocycles. The van der Waals surface area contributed by atoms with E-state index in [0.717, 1.165) is 5.56 Å². The zero-order valence-corrected chi connectivity index (χ0v) is 9.09. The predicted octanol–water partition coefficient (Wildman–Crippen LogP) is 0.183. The molecular weight excluding hydrogens is 208 g/mol. The number of carbonyl (C=O) groups excluding carboxylic acids is 1. The van der Waals surface area contributed by atoms with Crippen molar-refractivity contribution in [2.24, 2.45) is 0 Å². The second kappa shape index (κ2) is 4.49. The molecule has 0 saturated carbocycles. The van der Waals surface area contributed by atoms with Gasteiger partial charge in [0, 0.05) is 25.4 Å². The van der Waals surface area contributed by atoms with Crippen LogP contribution in [0, 0.1) is 0 Å². The van der Waals surface area contributed by atoms with Gasteiger partial charge in [-0.2, -0.15) is 0 Å². The molecule has 1 aromatic heterocycles. The number of methoxy groups -OCH3 is 1. The number of ether oxygens (including phenoxy) is 1. The zero-order chi connectivity index (χ0) is 11.5. The van der Waals surface area contributed by atoms with Crippen molar-refractivity contribution in [3.63, 3.8) is 0 Å².